The topological polar surface area (TPSA) is 71.5 Å². The summed E-state index contributed by atoms with van der Waals surface area (Å²) >= 11 is 0. The van der Waals surface area contributed by atoms with Crippen molar-refractivity contribution in [2.24, 2.45) is 0 Å². The zero-order valence-corrected chi connectivity index (χ0v) is 11.0. The molecule has 2 rings (SSSR count). The standard InChI is InChI=1S/C14H17NO4/c1-18-10-6-11-9(4-3-5-13(16)17)8-15-14(11)12(7-10)19-2/h6-8,15H,3-5H2,1-2H3,(H,16,17). The molecule has 2 aromatic rings. The fourth-order valence-corrected chi connectivity index (χ4v) is 2.15. The Bertz CT molecular complexity index is 588. The second-order valence-corrected chi connectivity index (χ2v) is 4.31. The Hall–Kier alpha value is -2.17. The van der Waals surface area contributed by atoms with Crippen LogP contribution in [0.25, 0.3) is 10.9 Å². The number of methoxy groups -OCH3 is 2. The number of ether oxygens (including phenoxy) is 2. The zero-order chi connectivity index (χ0) is 13.8. The van der Waals surface area contributed by atoms with Gasteiger partial charge in [-0.2, -0.15) is 0 Å². The number of nitrogens with one attached hydrogen (secondary N) is 1. The van der Waals surface area contributed by atoms with Gasteiger partial charge in [-0.25, -0.2) is 0 Å². The van der Waals surface area contributed by atoms with E-state index in [2.05, 4.69) is 4.98 Å². The van der Waals surface area contributed by atoms with E-state index in [1.165, 1.54) is 0 Å². The highest BCUT2D eigenvalue weighted by atomic mass is 16.5. The number of aryl methyl sites for hydroxylation is 1. The minimum atomic E-state index is -0.769. The molecule has 0 bridgehead atoms. The summed E-state index contributed by atoms with van der Waals surface area (Å²) in [5.41, 5.74) is 1.99. The normalized spacial score (nSPS) is 10.6. The lowest BCUT2D eigenvalue weighted by atomic mass is 10.1. The molecule has 1 heterocycles. The van der Waals surface area contributed by atoms with Crippen molar-refractivity contribution < 1.29 is 19.4 Å². The maximum absolute atomic E-state index is 10.5. The van der Waals surface area contributed by atoms with Crippen molar-refractivity contribution in [3.8, 4) is 11.5 Å². The lowest BCUT2D eigenvalue weighted by Crippen LogP contribution is -1.95. The van der Waals surface area contributed by atoms with Crippen LogP contribution in [0.15, 0.2) is 18.3 Å². The molecule has 0 aliphatic carbocycles. The fraction of sp³-hybridized carbons (Fsp3) is 0.357. The number of hydrogen-bond donors (Lipinski definition) is 2. The van der Waals surface area contributed by atoms with Crippen molar-refractivity contribution in [2.45, 2.75) is 19.3 Å². The van der Waals surface area contributed by atoms with Gasteiger partial charge in [-0.1, -0.05) is 0 Å². The van der Waals surface area contributed by atoms with Gasteiger partial charge in [0, 0.05) is 24.1 Å². The molecule has 5 heteroatoms. The molecule has 0 aliphatic heterocycles. The first kappa shape index (κ1) is 13.3. The van der Waals surface area contributed by atoms with Crippen LogP contribution in [0.4, 0.5) is 0 Å². The SMILES string of the molecule is COc1cc(OC)c2[nH]cc(CCCC(=O)O)c2c1. The molecule has 0 fully saturated rings. The van der Waals surface area contributed by atoms with Gasteiger partial charge < -0.3 is 19.6 Å². The molecule has 1 aromatic heterocycles. The van der Waals surface area contributed by atoms with Gasteiger partial charge in [-0.05, 0) is 24.5 Å². The van der Waals surface area contributed by atoms with Crippen LogP contribution < -0.4 is 9.47 Å². The summed E-state index contributed by atoms with van der Waals surface area (Å²) in [6.07, 6.45) is 3.40. The molecular weight excluding hydrogens is 246 g/mol. The molecule has 0 saturated carbocycles. The van der Waals surface area contributed by atoms with Crippen LogP contribution >= 0.6 is 0 Å². The smallest absolute Gasteiger partial charge is 0.303 e. The number of hydrogen-bond acceptors (Lipinski definition) is 3. The molecule has 0 amide bonds. The van der Waals surface area contributed by atoms with Crippen LogP contribution in [0, 0.1) is 0 Å². The molecule has 19 heavy (non-hydrogen) atoms. The fourth-order valence-electron chi connectivity index (χ4n) is 2.15. The van der Waals surface area contributed by atoms with E-state index in [1.54, 1.807) is 14.2 Å². The van der Waals surface area contributed by atoms with E-state index in [1.807, 2.05) is 18.3 Å². The number of carboxylic acids is 1. The molecule has 5 nitrogen and oxygen atoms in total. The lowest BCUT2D eigenvalue weighted by Gasteiger charge is -2.06. The van der Waals surface area contributed by atoms with Crippen molar-refractivity contribution >= 4 is 16.9 Å². The molecule has 0 unspecified atom stereocenters. The highest BCUT2D eigenvalue weighted by Gasteiger charge is 2.11. The van der Waals surface area contributed by atoms with E-state index in [4.69, 9.17) is 14.6 Å². The maximum Gasteiger partial charge on any atom is 0.303 e. The summed E-state index contributed by atoms with van der Waals surface area (Å²) in [5.74, 6) is 0.678. The Morgan fingerprint density at radius 2 is 2.11 bits per heavy atom. The molecule has 0 aliphatic rings. The van der Waals surface area contributed by atoms with E-state index in [0.717, 1.165) is 28.0 Å². The molecule has 0 spiro atoms. The van der Waals surface area contributed by atoms with Crippen molar-refractivity contribution in [2.75, 3.05) is 14.2 Å². The summed E-state index contributed by atoms with van der Waals surface area (Å²) in [4.78, 5) is 13.7. The number of carboxylic acid groups (broad SMARTS) is 1. The van der Waals surface area contributed by atoms with Gasteiger partial charge in [-0.3, -0.25) is 4.79 Å². The second kappa shape index (κ2) is 5.65. The maximum atomic E-state index is 10.5. The molecule has 0 atom stereocenters. The minimum absolute atomic E-state index is 0.174. The van der Waals surface area contributed by atoms with Gasteiger partial charge >= 0.3 is 5.97 Å². The van der Waals surface area contributed by atoms with Crippen molar-refractivity contribution in [3.05, 3.63) is 23.9 Å². The Morgan fingerprint density at radius 1 is 1.32 bits per heavy atom. The van der Waals surface area contributed by atoms with Gasteiger partial charge in [0.2, 0.25) is 0 Å². The summed E-state index contributed by atoms with van der Waals surface area (Å²) in [5, 5.41) is 9.69. The first-order chi connectivity index (χ1) is 9.15. The molecule has 102 valence electrons. The predicted molar refractivity (Wildman–Crippen MR) is 72.0 cm³/mol. The Balaban J connectivity index is 2.32. The zero-order valence-electron chi connectivity index (χ0n) is 11.0. The predicted octanol–water partition coefficient (Wildman–Crippen LogP) is 2.59. The average molecular weight is 263 g/mol. The van der Waals surface area contributed by atoms with E-state index in [0.29, 0.717) is 12.8 Å². The molecule has 0 saturated heterocycles. The lowest BCUT2D eigenvalue weighted by molar-refractivity contribution is -0.137. The van der Waals surface area contributed by atoms with Gasteiger partial charge in [0.15, 0.2) is 0 Å². The molecule has 2 N–H and O–H groups in total. The number of carbonyl (C=O) groups is 1. The van der Waals surface area contributed by atoms with Crippen molar-refractivity contribution in [1.82, 2.24) is 4.98 Å². The van der Waals surface area contributed by atoms with Gasteiger partial charge in [0.25, 0.3) is 0 Å². The highest BCUT2D eigenvalue weighted by Crippen LogP contribution is 2.32. The largest absolute Gasteiger partial charge is 0.497 e. The Kier molecular flexibility index (Phi) is 3.94. The number of aromatic amines is 1. The third-order valence-electron chi connectivity index (χ3n) is 3.10. The average Bonchev–Trinajstić information content (AvgIpc) is 2.80. The van der Waals surface area contributed by atoms with E-state index < -0.39 is 5.97 Å². The van der Waals surface area contributed by atoms with Gasteiger partial charge in [0.05, 0.1) is 19.7 Å². The Morgan fingerprint density at radius 3 is 2.74 bits per heavy atom. The number of H-pyrrole nitrogens is 1. The monoisotopic (exact) mass is 263 g/mol. The number of aromatic nitrogens is 1. The highest BCUT2D eigenvalue weighted by molar-refractivity contribution is 5.90. The van der Waals surface area contributed by atoms with E-state index >= 15 is 0 Å². The number of benzene rings is 1. The van der Waals surface area contributed by atoms with Crippen LogP contribution in [-0.2, 0) is 11.2 Å². The van der Waals surface area contributed by atoms with Crippen LogP contribution in [0.3, 0.4) is 0 Å². The molecule has 1 aromatic carbocycles. The van der Waals surface area contributed by atoms with E-state index in [9.17, 15) is 4.79 Å². The second-order valence-electron chi connectivity index (χ2n) is 4.31. The first-order valence-corrected chi connectivity index (χ1v) is 6.09. The van der Waals surface area contributed by atoms with Crippen LogP contribution in [0.1, 0.15) is 18.4 Å². The summed E-state index contributed by atoms with van der Waals surface area (Å²) in [6, 6.07) is 3.75. The van der Waals surface area contributed by atoms with Crippen molar-refractivity contribution in [1.29, 1.82) is 0 Å². The summed E-state index contributed by atoms with van der Waals surface area (Å²) < 4.78 is 10.6. The third kappa shape index (κ3) is 2.81. The van der Waals surface area contributed by atoms with Crippen LogP contribution in [-0.4, -0.2) is 30.3 Å². The van der Waals surface area contributed by atoms with Crippen molar-refractivity contribution in [3.63, 3.8) is 0 Å². The number of rotatable bonds is 6. The van der Waals surface area contributed by atoms with Crippen LogP contribution in [0.5, 0.6) is 11.5 Å². The van der Waals surface area contributed by atoms with Gasteiger partial charge in [0.1, 0.15) is 11.5 Å². The first-order valence-electron chi connectivity index (χ1n) is 6.09. The molecular formula is C14H17NO4. The Labute approximate surface area is 111 Å². The number of fused-ring (bicyclic) bond motifs is 1. The molecule has 0 radical (unpaired) electrons. The minimum Gasteiger partial charge on any atom is -0.497 e. The van der Waals surface area contributed by atoms with E-state index in [-0.39, 0.29) is 6.42 Å². The third-order valence-corrected chi connectivity index (χ3v) is 3.10. The quantitative estimate of drug-likeness (QED) is 0.840. The van der Waals surface area contributed by atoms with Crippen LogP contribution in [0.2, 0.25) is 0 Å². The number of aliphatic carboxylic acids is 1. The summed E-state index contributed by atoms with van der Waals surface area (Å²) in [7, 11) is 3.22. The van der Waals surface area contributed by atoms with Gasteiger partial charge in [-0.15, -0.1) is 0 Å². The summed E-state index contributed by atoms with van der Waals surface area (Å²) in [6.45, 7) is 0.